The van der Waals surface area contributed by atoms with Gasteiger partial charge in [0.2, 0.25) is 0 Å². The molecular formula is C8H6O5. The second-order valence-corrected chi connectivity index (χ2v) is 2.68. The second-order valence-electron chi connectivity index (χ2n) is 2.68. The topological polar surface area (TPSA) is 72.8 Å². The van der Waals surface area contributed by atoms with E-state index in [2.05, 4.69) is 9.47 Å². The molecule has 0 saturated heterocycles. The molecule has 5 heteroatoms. The maximum Gasteiger partial charge on any atom is 0.342 e. The van der Waals surface area contributed by atoms with E-state index in [1.165, 1.54) is 6.08 Å². The summed E-state index contributed by atoms with van der Waals surface area (Å²) in [7, 11) is 0. The van der Waals surface area contributed by atoms with Crippen LogP contribution in [0.1, 0.15) is 0 Å². The lowest BCUT2D eigenvalue weighted by molar-refractivity contribution is -0.137. The van der Waals surface area contributed by atoms with Gasteiger partial charge < -0.3 is 14.6 Å². The Bertz CT molecular complexity index is 350. The number of aliphatic hydroxyl groups is 1. The summed E-state index contributed by atoms with van der Waals surface area (Å²) in [4.78, 5) is 21.7. The fourth-order valence-corrected chi connectivity index (χ4v) is 1.23. The number of rotatable bonds is 1. The lowest BCUT2D eigenvalue weighted by atomic mass is 10.1. The van der Waals surface area contributed by atoms with E-state index in [0.29, 0.717) is 5.57 Å². The number of carbonyl (C=O) groups excluding carboxylic acids is 2. The Morgan fingerprint density at radius 3 is 2.46 bits per heavy atom. The highest BCUT2D eigenvalue weighted by Crippen LogP contribution is 2.24. The molecule has 0 aromatic heterocycles. The van der Waals surface area contributed by atoms with Crippen LogP contribution in [0.25, 0.3) is 0 Å². The van der Waals surface area contributed by atoms with E-state index < -0.39 is 11.9 Å². The van der Waals surface area contributed by atoms with Crippen molar-refractivity contribution in [1.29, 1.82) is 0 Å². The number of ether oxygens (including phenoxy) is 2. The van der Waals surface area contributed by atoms with Gasteiger partial charge in [-0.25, -0.2) is 9.59 Å². The molecule has 0 atom stereocenters. The molecule has 13 heavy (non-hydrogen) atoms. The summed E-state index contributed by atoms with van der Waals surface area (Å²) in [6.45, 7) is -0.104. The molecule has 5 nitrogen and oxygen atoms in total. The third-order valence-corrected chi connectivity index (χ3v) is 1.82. The molecule has 0 aromatic rings. The highest BCUT2D eigenvalue weighted by atomic mass is 16.6. The molecular weight excluding hydrogens is 176 g/mol. The van der Waals surface area contributed by atoms with Crippen molar-refractivity contribution in [3.63, 3.8) is 0 Å². The van der Waals surface area contributed by atoms with Gasteiger partial charge in [0.25, 0.3) is 0 Å². The van der Waals surface area contributed by atoms with Gasteiger partial charge in [-0.15, -0.1) is 0 Å². The minimum absolute atomic E-state index is 0.0212. The Hall–Kier alpha value is -1.78. The normalized spacial score (nSPS) is 21.7. The van der Waals surface area contributed by atoms with E-state index in [0.717, 1.165) is 0 Å². The number of hydrogen-bond donors (Lipinski definition) is 1. The fraction of sp³-hybridized carbons (Fsp3) is 0.250. The number of carbonyl (C=O) groups is 2. The van der Waals surface area contributed by atoms with Gasteiger partial charge >= 0.3 is 11.9 Å². The highest BCUT2D eigenvalue weighted by Gasteiger charge is 2.31. The first-order valence-corrected chi connectivity index (χ1v) is 3.65. The number of cyclic esters (lactones) is 2. The standard InChI is InChI=1S/C8H6O5/c9-5-3-13-8(11)7(5)4-1-6(10)12-2-4/h1,9H,2-3H2. The van der Waals surface area contributed by atoms with Crippen LogP contribution in [0.15, 0.2) is 23.0 Å². The van der Waals surface area contributed by atoms with Crippen LogP contribution in [0.4, 0.5) is 0 Å². The smallest absolute Gasteiger partial charge is 0.342 e. The summed E-state index contributed by atoms with van der Waals surface area (Å²) < 4.78 is 9.14. The summed E-state index contributed by atoms with van der Waals surface area (Å²) in [6, 6.07) is 0. The maximum absolute atomic E-state index is 11.0. The van der Waals surface area contributed by atoms with Crippen LogP contribution in [0.2, 0.25) is 0 Å². The molecule has 0 bridgehead atoms. The highest BCUT2D eigenvalue weighted by molar-refractivity contribution is 5.99. The minimum atomic E-state index is -0.609. The van der Waals surface area contributed by atoms with Crippen molar-refractivity contribution in [2.45, 2.75) is 0 Å². The van der Waals surface area contributed by atoms with E-state index in [1.54, 1.807) is 0 Å². The fourth-order valence-electron chi connectivity index (χ4n) is 1.23. The SMILES string of the molecule is O=C1C=C(C2=C(O)COC2=O)CO1. The zero-order valence-corrected chi connectivity index (χ0v) is 6.57. The molecule has 0 unspecified atom stereocenters. The van der Waals surface area contributed by atoms with Gasteiger partial charge in [0.15, 0.2) is 0 Å². The maximum atomic E-state index is 11.0. The van der Waals surface area contributed by atoms with E-state index in [-0.39, 0.29) is 24.5 Å². The molecule has 0 aliphatic carbocycles. The lowest BCUT2D eigenvalue weighted by Gasteiger charge is -1.97. The number of esters is 2. The van der Waals surface area contributed by atoms with Crippen molar-refractivity contribution in [2.75, 3.05) is 13.2 Å². The van der Waals surface area contributed by atoms with Crippen LogP contribution >= 0.6 is 0 Å². The Balaban J connectivity index is 2.35. The van der Waals surface area contributed by atoms with Gasteiger partial charge in [-0.05, 0) is 0 Å². The van der Waals surface area contributed by atoms with Crippen LogP contribution in [0.5, 0.6) is 0 Å². The largest absolute Gasteiger partial charge is 0.508 e. The zero-order chi connectivity index (χ0) is 9.42. The minimum Gasteiger partial charge on any atom is -0.508 e. The Kier molecular flexibility index (Phi) is 1.58. The summed E-state index contributed by atoms with van der Waals surface area (Å²) in [5, 5.41) is 9.23. The predicted octanol–water partition coefficient (Wildman–Crippen LogP) is -0.162. The Labute approximate surface area is 73.2 Å². The monoisotopic (exact) mass is 182 g/mol. The van der Waals surface area contributed by atoms with Crippen molar-refractivity contribution in [3.05, 3.63) is 23.0 Å². The Morgan fingerprint density at radius 1 is 1.23 bits per heavy atom. The lowest BCUT2D eigenvalue weighted by Crippen LogP contribution is -2.03. The molecule has 0 amide bonds. The first-order chi connectivity index (χ1) is 6.18. The average Bonchev–Trinajstić information content (AvgIpc) is 2.60. The van der Waals surface area contributed by atoms with E-state index in [4.69, 9.17) is 0 Å². The average molecular weight is 182 g/mol. The van der Waals surface area contributed by atoms with Gasteiger partial charge in [-0.2, -0.15) is 0 Å². The molecule has 2 aliphatic rings. The third kappa shape index (κ3) is 1.18. The molecule has 2 rings (SSSR count). The van der Waals surface area contributed by atoms with E-state index in [9.17, 15) is 14.7 Å². The molecule has 0 saturated carbocycles. The van der Waals surface area contributed by atoms with Crippen molar-refractivity contribution in [3.8, 4) is 0 Å². The van der Waals surface area contributed by atoms with Crippen molar-refractivity contribution >= 4 is 11.9 Å². The van der Waals surface area contributed by atoms with Crippen LogP contribution in [-0.2, 0) is 19.1 Å². The first-order valence-electron chi connectivity index (χ1n) is 3.65. The van der Waals surface area contributed by atoms with Gasteiger partial charge in [0.1, 0.15) is 24.5 Å². The predicted molar refractivity (Wildman–Crippen MR) is 39.7 cm³/mol. The van der Waals surface area contributed by atoms with E-state index in [1.807, 2.05) is 0 Å². The molecule has 2 heterocycles. The molecule has 0 aromatic carbocycles. The zero-order valence-electron chi connectivity index (χ0n) is 6.57. The molecule has 0 radical (unpaired) electrons. The van der Waals surface area contributed by atoms with Crippen molar-refractivity contribution in [2.24, 2.45) is 0 Å². The van der Waals surface area contributed by atoms with Gasteiger partial charge in [-0.3, -0.25) is 0 Å². The third-order valence-electron chi connectivity index (χ3n) is 1.82. The van der Waals surface area contributed by atoms with Crippen molar-refractivity contribution < 1.29 is 24.2 Å². The number of hydrogen-bond acceptors (Lipinski definition) is 5. The van der Waals surface area contributed by atoms with Gasteiger partial charge in [0.05, 0.1) is 0 Å². The molecule has 1 N–H and O–H groups in total. The van der Waals surface area contributed by atoms with Gasteiger partial charge in [-0.1, -0.05) is 0 Å². The molecule has 0 fully saturated rings. The molecule has 0 spiro atoms. The van der Waals surface area contributed by atoms with Crippen LogP contribution < -0.4 is 0 Å². The van der Waals surface area contributed by atoms with E-state index >= 15 is 0 Å². The van der Waals surface area contributed by atoms with Crippen LogP contribution in [0.3, 0.4) is 0 Å². The quantitative estimate of drug-likeness (QED) is 0.570. The van der Waals surface area contributed by atoms with Crippen molar-refractivity contribution in [1.82, 2.24) is 0 Å². The summed E-state index contributed by atoms with van der Waals surface area (Å²) in [5.41, 5.74) is 0.441. The summed E-state index contributed by atoms with van der Waals surface area (Å²) in [6.07, 6.45) is 1.18. The first kappa shape index (κ1) is 7.85. The molecule has 68 valence electrons. The number of aliphatic hydroxyl groups excluding tert-OH is 1. The Morgan fingerprint density at radius 2 is 2.00 bits per heavy atom. The van der Waals surface area contributed by atoms with Crippen LogP contribution in [0, 0.1) is 0 Å². The second kappa shape index (κ2) is 2.62. The molecule has 2 aliphatic heterocycles. The van der Waals surface area contributed by atoms with Crippen LogP contribution in [-0.4, -0.2) is 30.3 Å². The summed E-state index contributed by atoms with van der Waals surface area (Å²) >= 11 is 0. The summed E-state index contributed by atoms with van der Waals surface area (Å²) in [5.74, 6) is -1.26. The van der Waals surface area contributed by atoms with Gasteiger partial charge in [0, 0.05) is 11.6 Å².